The van der Waals surface area contributed by atoms with E-state index in [1.807, 2.05) is 0 Å². The highest BCUT2D eigenvalue weighted by atomic mass is 35.5. The van der Waals surface area contributed by atoms with Crippen LogP contribution in [0.25, 0.3) is 0 Å². The van der Waals surface area contributed by atoms with Gasteiger partial charge in [-0.1, -0.05) is 47.8 Å². The molecule has 2 amide bonds. The van der Waals surface area contributed by atoms with Crippen molar-refractivity contribution >= 4 is 52.6 Å². The highest BCUT2D eigenvalue weighted by molar-refractivity contribution is 6.39. The van der Waals surface area contributed by atoms with Gasteiger partial charge >= 0.3 is 5.97 Å². The van der Waals surface area contributed by atoms with Crippen LogP contribution in [0, 0.1) is 5.92 Å². The Hall–Kier alpha value is -3.56. The maximum Gasteiger partial charge on any atom is 0.326 e. The predicted octanol–water partition coefficient (Wildman–Crippen LogP) is 4.75. The van der Waals surface area contributed by atoms with Crippen molar-refractivity contribution in [3.05, 3.63) is 76.0 Å². The first-order chi connectivity index (χ1) is 17.8. The van der Waals surface area contributed by atoms with E-state index in [4.69, 9.17) is 23.2 Å². The molecule has 4 rings (SSSR count). The summed E-state index contributed by atoms with van der Waals surface area (Å²) in [6.45, 7) is 0. The van der Waals surface area contributed by atoms with Crippen LogP contribution in [-0.2, 0) is 16.0 Å². The van der Waals surface area contributed by atoms with E-state index < -0.39 is 17.9 Å². The van der Waals surface area contributed by atoms with E-state index in [0.29, 0.717) is 23.6 Å². The van der Waals surface area contributed by atoms with Crippen LogP contribution in [-0.4, -0.2) is 44.9 Å². The van der Waals surface area contributed by atoms with Crippen molar-refractivity contribution in [3.63, 3.8) is 0 Å². The molecule has 9 nitrogen and oxygen atoms in total. The molecule has 3 aromatic rings. The van der Waals surface area contributed by atoms with Gasteiger partial charge in [-0.25, -0.2) is 9.78 Å². The monoisotopic (exact) mass is 543 g/mol. The molecular formula is C26H27Cl2N5O4. The van der Waals surface area contributed by atoms with E-state index >= 15 is 0 Å². The zero-order valence-corrected chi connectivity index (χ0v) is 21.4. The van der Waals surface area contributed by atoms with Crippen LogP contribution in [0.15, 0.2) is 54.9 Å². The Morgan fingerprint density at radius 1 is 1.08 bits per heavy atom. The minimum atomic E-state index is -1.19. The number of aromatic nitrogens is 2. The first kappa shape index (κ1) is 26.5. The second-order valence-corrected chi connectivity index (χ2v) is 9.81. The Morgan fingerprint density at radius 2 is 1.81 bits per heavy atom. The highest BCUT2D eigenvalue weighted by Gasteiger charge is 2.28. The summed E-state index contributed by atoms with van der Waals surface area (Å²) >= 11 is 12.1. The van der Waals surface area contributed by atoms with Gasteiger partial charge in [-0.3, -0.25) is 9.59 Å². The molecule has 1 aromatic heterocycles. The van der Waals surface area contributed by atoms with Gasteiger partial charge in [0.15, 0.2) is 5.95 Å². The number of H-pyrrole nitrogens is 1. The Kier molecular flexibility index (Phi) is 8.68. The minimum absolute atomic E-state index is 0.0273. The third-order valence-electron chi connectivity index (χ3n) is 6.34. The molecule has 1 aliphatic carbocycles. The summed E-state index contributed by atoms with van der Waals surface area (Å²) < 4.78 is 0. The second-order valence-electron chi connectivity index (χ2n) is 8.99. The number of aliphatic carboxylic acids is 1. The number of benzene rings is 2. The number of carbonyl (C=O) groups is 3. The number of nitrogens with one attached hydrogen (secondary N) is 4. The number of hydrogen-bond acceptors (Lipinski definition) is 5. The molecule has 0 unspecified atom stereocenters. The van der Waals surface area contributed by atoms with E-state index in [9.17, 15) is 19.5 Å². The quantitative estimate of drug-likeness (QED) is 0.264. The van der Waals surface area contributed by atoms with Crippen molar-refractivity contribution < 1.29 is 19.5 Å². The molecule has 0 bridgehead atoms. The molecule has 0 aliphatic heterocycles. The van der Waals surface area contributed by atoms with E-state index in [0.717, 1.165) is 19.3 Å². The molecule has 1 aliphatic rings. The summed E-state index contributed by atoms with van der Waals surface area (Å²) in [5, 5.41) is 18.7. The molecule has 5 N–H and O–H groups in total. The molecule has 3 atom stereocenters. The van der Waals surface area contributed by atoms with Gasteiger partial charge < -0.3 is 26.0 Å². The van der Waals surface area contributed by atoms with Crippen LogP contribution in [0.3, 0.4) is 0 Å². The van der Waals surface area contributed by atoms with Crippen LogP contribution in [0.2, 0.25) is 10.0 Å². The number of carboxylic acid groups (broad SMARTS) is 1. The van der Waals surface area contributed by atoms with Crippen molar-refractivity contribution in [2.45, 2.75) is 44.2 Å². The number of nitrogens with zero attached hydrogens (tertiary/aromatic N) is 1. The van der Waals surface area contributed by atoms with Gasteiger partial charge in [0.2, 0.25) is 5.91 Å². The second kappa shape index (κ2) is 12.1. The van der Waals surface area contributed by atoms with Gasteiger partial charge in [-0.15, -0.1) is 0 Å². The molecule has 0 radical (unpaired) electrons. The van der Waals surface area contributed by atoms with E-state index in [-0.39, 0.29) is 39.9 Å². The Labute approximate surface area is 224 Å². The van der Waals surface area contributed by atoms with Gasteiger partial charge in [0.1, 0.15) is 6.04 Å². The number of carboxylic acids is 1. The van der Waals surface area contributed by atoms with Crippen LogP contribution >= 0.6 is 23.2 Å². The fourth-order valence-electron chi connectivity index (χ4n) is 4.45. The average molecular weight is 544 g/mol. The van der Waals surface area contributed by atoms with Crippen LogP contribution in [0.1, 0.15) is 41.6 Å². The molecule has 0 spiro atoms. The maximum atomic E-state index is 12.9. The lowest BCUT2D eigenvalue weighted by atomic mass is 9.85. The van der Waals surface area contributed by atoms with Gasteiger partial charge in [-0.2, -0.15) is 0 Å². The van der Waals surface area contributed by atoms with Gasteiger partial charge in [0.05, 0.1) is 15.6 Å². The maximum absolute atomic E-state index is 12.9. The standard InChI is InChI=1S/C26H27Cl2N5O4/c27-19-5-2-6-20(28)22(19)24(35)33-21(25(36)37)13-15-7-9-17(10-8-15)31-23(34)16-3-1-4-18(14-16)32-26-29-11-12-30-26/h2,5-12,16,18,21H,1,3-4,13-14H2,(H,31,34)(H,33,35)(H,36,37)(H2,29,30,32)/t16-,18+,21+/m1/s1. The first-order valence-electron chi connectivity index (χ1n) is 11.9. The molecule has 1 saturated carbocycles. The van der Waals surface area contributed by atoms with E-state index in [2.05, 4.69) is 25.9 Å². The third-order valence-corrected chi connectivity index (χ3v) is 6.97. The number of halogens is 2. The fraction of sp³-hybridized carbons (Fsp3) is 0.308. The number of rotatable bonds is 9. The smallest absolute Gasteiger partial charge is 0.326 e. The summed E-state index contributed by atoms with van der Waals surface area (Å²) in [5.41, 5.74) is 1.32. The molecule has 1 fully saturated rings. The Morgan fingerprint density at radius 3 is 2.46 bits per heavy atom. The molecule has 0 saturated heterocycles. The first-order valence-corrected chi connectivity index (χ1v) is 12.7. The van der Waals surface area contributed by atoms with Crippen LogP contribution < -0.4 is 16.0 Å². The van der Waals surface area contributed by atoms with Crippen molar-refractivity contribution in [2.24, 2.45) is 5.92 Å². The SMILES string of the molecule is O=C(N[C@@H](Cc1ccc(NC(=O)[C@@H]2CCC[C@H](Nc3ncc[nH]3)C2)cc1)C(=O)O)c1c(Cl)cccc1Cl. The molecule has 11 heteroatoms. The predicted molar refractivity (Wildman–Crippen MR) is 142 cm³/mol. The lowest BCUT2D eigenvalue weighted by molar-refractivity contribution is -0.139. The highest BCUT2D eigenvalue weighted by Crippen LogP contribution is 2.28. The van der Waals surface area contributed by atoms with Gasteiger partial charge in [0.25, 0.3) is 5.91 Å². The molecule has 1 heterocycles. The number of hydrogen-bond donors (Lipinski definition) is 5. The van der Waals surface area contributed by atoms with Crippen LogP contribution in [0.5, 0.6) is 0 Å². The summed E-state index contributed by atoms with van der Waals surface area (Å²) in [5.74, 6) is -1.33. The average Bonchev–Trinajstić information content (AvgIpc) is 3.38. The number of imidazole rings is 1. The number of aromatic amines is 1. The lowest BCUT2D eigenvalue weighted by Crippen LogP contribution is -2.42. The number of carbonyl (C=O) groups excluding carboxylic acids is 2. The minimum Gasteiger partial charge on any atom is -0.480 e. The van der Waals surface area contributed by atoms with Crippen molar-refractivity contribution in [1.29, 1.82) is 0 Å². The van der Waals surface area contributed by atoms with Crippen molar-refractivity contribution in [1.82, 2.24) is 15.3 Å². The number of amides is 2. The normalized spacial score (nSPS) is 18.0. The van der Waals surface area contributed by atoms with Crippen LogP contribution in [0.4, 0.5) is 11.6 Å². The molecular weight excluding hydrogens is 517 g/mol. The Bertz CT molecular complexity index is 1230. The molecule has 37 heavy (non-hydrogen) atoms. The topological polar surface area (TPSA) is 136 Å². The van der Waals surface area contributed by atoms with E-state index in [1.165, 1.54) is 12.1 Å². The number of anilines is 2. The Balaban J connectivity index is 1.33. The van der Waals surface area contributed by atoms with Crippen molar-refractivity contribution in [3.8, 4) is 0 Å². The lowest BCUT2D eigenvalue weighted by Gasteiger charge is -2.29. The molecule has 2 aromatic carbocycles. The summed E-state index contributed by atoms with van der Waals surface area (Å²) in [4.78, 5) is 44.5. The van der Waals surface area contributed by atoms with Crippen molar-refractivity contribution in [2.75, 3.05) is 10.6 Å². The summed E-state index contributed by atoms with van der Waals surface area (Å²) in [6.07, 6.45) is 6.91. The third kappa shape index (κ3) is 7.02. The zero-order chi connectivity index (χ0) is 26.4. The van der Waals surface area contributed by atoms with Gasteiger partial charge in [-0.05, 0) is 49.1 Å². The fourth-order valence-corrected chi connectivity index (χ4v) is 5.02. The molecule has 194 valence electrons. The summed E-state index contributed by atoms with van der Waals surface area (Å²) in [6, 6.07) is 10.5. The largest absolute Gasteiger partial charge is 0.480 e. The zero-order valence-electron chi connectivity index (χ0n) is 19.8. The summed E-state index contributed by atoms with van der Waals surface area (Å²) in [7, 11) is 0. The van der Waals surface area contributed by atoms with Gasteiger partial charge in [0, 0.05) is 36.5 Å². The van der Waals surface area contributed by atoms with E-state index in [1.54, 1.807) is 42.7 Å².